The van der Waals surface area contributed by atoms with Gasteiger partial charge in [0.2, 0.25) is 0 Å². The third-order valence-electron chi connectivity index (χ3n) is 3.61. The molecule has 3 aromatic rings. The Hall–Kier alpha value is -2.69. The zero-order valence-corrected chi connectivity index (χ0v) is 12.6. The number of rotatable bonds is 4. The normalized spacial score (nSPS) is 11.7. The van der Waals surface area contributed by atoms with Gasteiger partial charge in [0.1, 0.15) is 11.8 Å². The van der Waals surface area contributed by atoms with E-state index in [4.69, 9.17) is 10.7 Å². The molecule has 112 valence electrons. The van der Waals surface area contributed by atoms with Crippen molar-refractivity contribution in [2.75, 3.05) is 5.73 Å². The van der Waals surface area contributed by atoms with Crippen LogP contribution in [0.4, 0.5) is 5.69 Å². The highest BCUT2D eigenvalue weighted by Crippen LogP contribution is 2.26. The van der Waals surface area contributed by atoms with Gasteiger partial charge in [0.25, 0.3) is 0 Å². The molecule has 0 spiro atoms. The van der Waals surface area contributed by atoms with Crippen LogP contribution < -0.4 is 5.73 Å². The Morgan fingerprint density at radius 3 is 2.91 bits per heavy atom. The molecule has 2 aromatic heterocycles. The van der Waals surface area contributed by atoms with Crippen LogP contribution in [0.25, 0.3) is 22.4 Å². The summed E-state index contributed by atoms with van der Waals surface area (Å²) in [6.07, 6.45) is 5.19. The standard InChI is InChI=1S/C17H18N4O/c1-17(2,10-22)7-12-8-19-16-15(12)21-14(9-20-16)11-4-3-5-13(18)6-11/h3-6,8-10H,7,18H2,1-2H3,(H,19,20). The molecule has 0 aliphatic carbocycles. The molecule has 22 heavy (non-hydrogen) atoms. The number of aromatic amines is 1. The lowest BCUT2D eigenvalue weighted by molar-refractivity contribution is -0.114. The third kappa shape index (κ3) is 2.70. The minimum absolute atomic E-state index is 0.427. The molecule has 0 bridgehead atoms. The van der Waals surface area contributed by atoms with E-state index in [1.54, 1.807) is 6.20 Å². The number of H-pyrrole nitrogens is 1. The van der Waals surface area contributed by atoms with Crippen LogP contribution in [0.15, 0.2) is 36.7 Å². The summed E-state index contributed by atoms with van der Waals surface area (Å²) in [5.41, 5.74) is 10.3. The quantitative estimate of drug-likeness (QED) is 0.572. The van der Waals surface area contributed by atoms with Crippen molar-refractivity contribution in [2.45, 2.75) is 20.3 Å². The van der Waals surface area contributed by atoms with E-state index in [2.05, 4.69) is 9.97 Å². The van der Waals surface area contributed by atoms with Gasteiger partial charge in [-0.25, -0.2) is 9.97 Å². The topological polar surface area (TPSA) is 84.7 Å². The molecule has 0 saturated carbocycles. The first kappa shape index (κ1) is 14.3. The van der Waals surface area contributed by atoms with Crippen LogP contribution in [0.3, 0.4) is 0 Å². The minimum Gasteiger partial charge on any atom is -0.399 e. The number of carbonyl (C=O) groups excluding carboxylic acids is 1. The number of hydrogen-bond acceptors (Lipinski definition) is 4. The van der Waals surface area contributed by atoms with Gasteiger partial charge in [-0.05, 0) is 24.1 Å². The maximum absolute atomic E-state index is 11.2. The molecule has 0 unspecified atom stereocenters. The molecular formula is C17H18N4O. The summed E-state index contributed by atoms with van der Waals surface area (Å²) in [6.45, 7) is 3.82. The van der Waals surface area contributed by atoms with Crippen LogP contribution >= 0.6 is 0 Å². The summed E-state index contributed by atoms with van der Waals surface area (Å²) in [4.78, 5) is 23.4. The number of anilines is 1. The number of nitrogens with two attached hydrogens (primary N) is 1. The smallest absolute Gasteiger partial charge is 0.156 e. The Morgan fingerprint density at radius 1 is 1.36 bits per heavy atom. The number of aldehydes is 1. The second kappa shape index (κ2) is 5.26. The molecule has 0 aliphatic heterocycles. The van der Waals surface area contributed by atoms with Gasteiger partial charge in [0.05, 0.1) is 11.9 Å². The van der Waals surface area contributed by atoms with Gasteiger partial charge in [-0.15, -0.1) is 0 Å². The van der Waals surface area contributed by atoms with Crippen LogP contribution in [0.1, 0.15) is 19.4 Å². The molecule has 3 rings (SSSR count). The first-order chi connectivity index (χ1) is 10.5. The summed E-state index contributed by atoms with van der Waals surface area (Å²) in [6, 6.07) is 7.55. The van der Waals surface area contributed by atoms with Gasteiger partial charge >= 0.3 is 0 Å². The number of fused-ring (bicyclic) bond motifs is 1. The Labute approximate surface area is 128 Å². The summed E-state index contributed by atoms with van der Waals surface area (Å²) < 4.78 is 0. The van der Waals surface area contributed by atoms with E-state index in [1.807, 2.05) is 44.3 Å². The number of hydrogen-bond donors (Lipinski definition) is 2. The van der Waals surface area contributed by atoms with Crippen LogP contribution in [0.5, 0.6) is 0 Å². The van der Waals surface area contributed by atoms with Crippen molar-refractivity contribution in [2.24, 2.45) is 5.41 Å². The fraction of sp³-hybridized carbons (Fsp3) is 0.235. The SMILES string of the molecule is CC(C)(C=O)Cc1c[nH]c2ncc(-c3cccc(N)c3)nc12. The number of nitrogen functional groups attached to an aromatic ring is 1. The third-order valence-corrected chi connectivity index (χ3v) is 3.61. The molecule has 0 fully saturated rings. The van der Waals surface area contributed by atoms with Gasteiger partial charge in [-0.3, -0.25) is 0 Å². The number of benzene rings is 1. The van der Waals surface area contributed by atoms with E-state index >= 15 is 0 Å². The number of nitrogens with one attached hydrogen (secondary N) is 1. The second-order valence-corrected chi connectivity index (χ2v) is 6.18. The van der Waals surface area contributed by atoms with E-state index in [0.717, 1.165) is 34.3 Å². The maximum Gasteiger partial charge on any atom is 0.156 e. The first-order valence-electron chi connectivity index (χ1n) is 7.14. The van der Waals surface area contributed by atoms with Gasteiger partial charge in [-0.2, -0.15) is 0 Å². The molecule has 0 radical (unpaired) electrons. The highest BCUT2D eigenvalue weighted by Gasteiger charge is 2.20. The summed E-state index contributed by atoms with van der Waals surface area (Å²) in [7, 11) is 0. The Balaban J connectivity index is 2.07. The molecule has 5 nitrogen and oxygen atoms in total. The molecule has 0 aliphatic rings. The number of nitrogens with zero attached hydrogens (tertiary/aromatic N) is 2. The van der Waals surface area contributed by atoms with Crippen LogP contribution in [0.2, 0.25) is 0 Å². The van der Waals surface area contributed by atoms with Gasteiger partial charge in [-0.1, -0.05) is 26.0 Å². The van der Waals surface area contributed by atoms with E-state index in [9.17, 15) is 4.79 Å². The van der Waals surface area contributed by atoms with Gasteiger partial charge < -0.3 is 15.5 Å². The van der Waals surface area contributed by atoms with E-state index in [0.29, 0.717) is 12.1 Å². The average molecular weight is 294 g/mol. The van der Waals surface area contributed by atoms with Crippen molar-refractivity contribution < 1.29 is 4.79 Å². The zero-order valence-electron chi connectivity index (χ0n) is 12.6. The predicted molar refractivity (Wildman–Crippen MR) is 87.3 cm³/mol. The number of carbonyl (C=O) groups is 1. The molecule has 3 N–H and O–H groups in total. The Morgan fingerprint density at radius 2 is 2.18 bits per heavy atom. The zero-order chi connectivity index (χ0) is 15.7. The van der Waals surface area contributed by atoms with Gasteiger partial charge in [0, 0.05) is 22.9 Å². The van der Waals surface area contributed by atoms with Crippen molar-refractivity contribution in [1.82, 2.24) is 15.0 Å². The second-order valence-electron chi connectivity index (χ2n) is 6.18. The lowest BCUT2D eigenvalue weighted by Crippen LogP contribution is -2.16. The van der Waals surface area contributed by atoms with Crippen LogP contribution in [-0.2, 0) is 11.2 Å². The minimum atomic E-state index is -0.427. The summed E-state index contributed by atoms with van der Waals surface area (Å²) in [5, 5.41) is 0. The molecular weight excluding hydrogens is 276 g/mol. The van der Waals surface area contributed by atoms with E-state index in [-0.39, 0.29) is 0 Å². The molecule has 0 saturated heterocycles. The highest BCUT2D eigenvalue weighted by atomic mass is 16.1. The monoisotopic (exact) mass is 294 g/mol. The lowest BCUT2D eigenvalue weighted by atomic mass is 9.88. The molecule has 0 amide bonds. The molecule has 0 atom stereocenters. The van der Waals surface area contributed by atoms with Crippen LogP contribution in [0, 0.1) is 5.41 Å². The summed E-state index contributed by atoms with van der Waals surface area (Å²) in [5.74, 6) is 0. The van der Waals surface area contributed by atoms with Crippen molar-refractivity contribution in [1.29, 1.82) is 0 Å². The van der Waals surface area contributed by atoms with Crippen LogP contribution in [-0.4, -0.2) is 21.2 Å². The Bertz CT molecular complexity index is 836. The fourth-order valence-corrected chi connectivity index (χ4v) is 2.45. The average Bonchev–Trinajstić information content (AvgIpc) is 2.89. The molecule has 2 heterocycles. The van der Waals surface area contributed by atoms with Gasteiger partial charge in [0.15, 0.2) is 5.65 Å². The van der Waals surface area contributed by atoms with E-state index in [1.165, 1.54) is 0 Å². The van der Waals surface area contributed by atoms with Crippen molar-refractivity contribution >= 4 is 23.1 Å². The highest BCUT2D eigenvalue weighted by molar-refractivity contribution is 5.79. The van der Waals surface area contributed by atoms with Crippen molar-refractivity contribution in [3.8, 4) is 11.3 Å². The van der Waals surface area contributed by atoms with Crippen molar-refractivity contribution in [3.63, 3.8) is 0 Å². The van der Waals surface area contributed by atoms with Crippen molar-refractivity contribution in [3.05, 3.63) is 42.2 Å². The molecule has 1 aromatic carbocycles. The lowest BCUT2D eigenvalue weighted by Gasteiger charge is -2.15. The largest absolute Gasteiger partial charge is 0.399 e. The predicted octanol–water partition coefficient (Wildman–Crippen LogP) is 2.97. The Kier molecular flexibility index (Phi) is 3.41. The van der Waals surface area contributed by atoms with E-state index < -0.39 is 5.41 Å². The summed E-state index contributed by atoms with van der Waals surface area (Å²) >= 11 is 0. The number of aromatic nitrogens is 3. The first-order valence-corrected chi connectivity index (χ1v) is 7.14. The maximum atomic E-state index is 11.2. The molecule has 5 heteroatoms. The fourth-order valence-electron chi connectivity index (χ4n) is 2.45.